The highest BCUT2D eigenvalue weighted by molar-refractivity contribution is 6.30. The Morgan fingerprint density at radius 2 is 1.75 bits per heavy atom. The van der Waals surface area contributed by atoms with Crippen LogP contribution in [0.25, 0.3) is 0 Å². The fourth-order valence-corrected chi connectivity index (χ4v) is 2.34. The van der Waals surface area contributed by atoms with Crippen molar-refractivity contribution in [3.8, 4) is 11.5 Å². The van der Waals surface area contributed by atoms with Gasteiger partial charge >= 0.3 is 0 Å². The first-order valence-electron chi connectivity index (χ1n) is 6.29. The molecule has 0 aliphatic heterocycles. The molecule has 0 radical (unpaired) electrons. The molecule has 2 rings (SSSR count). The van der Waals surface area contributed by atoms with Gasteiger partial charge in [0.1, 0.15) is 11.5 Å². The van der Waals surface area contributed by atoms with Gasteiger partial charge in [0.2, 0.25) is 0 Å². The van der Waals surface area contributed by atoms with Gasteiger partial charge in [-0.1, -0.05) is 29.8 Å². The lowest BCUT2D eigenvalue weighted by atomic mass is 10.00. The highest BCUT2D eigenvalue weighted by Crippen LogP contribution is 2.32. The van der Waals surface area contributed by atoms with Crippen LogP contribution in [0.2, 0.25) is 5.02 Å². The minimum atomic E-state index is -0.708. The molecule has 0 fully saturated rings. The zero-order chi connectivity index (χ0) is 14.5. The molecular formula is C16H17ClO3. The number of benzene rings is 2. The molecule has 0 saturated carbocycles. The highest BCUT2D eigenvalue weighted by Gasteiger charge is 2.16. The molecule has 4 heteroatoms. The van der Waals surface area contributed by atoms with Crippen LogP contribution in [-0.2, 0) is 6.42 Å². The van der Waals surface area contributed by atoms with Gasteiger partial charge in [0.15, 0.2) is 0 Å². The van der Waals surface area contributed by atoms with Gasteiger partial charge in [-0.25, -0.2) is 0 Å². The van der Waals surface area contributed by atoms with Crippen LogP contribution >= 0.6 is 11.6 Å². The van der Waals surface area contributed by atoms with Crippen molar-refractivity contribution in [2.75, 3.05) is 14.2 Å². The summed E-state index contributed by atoms with van der Waals surface area (Å²) in [6.45, 7) is 0. The smallest absolute Gasteiger partial charge is 0.124 e. The van der Waals surface area contributed by atoms with Crippen LogP contribution < -0.4 is 9.47 Å². The molecular weight excluding hydrogens is 276 g/mol. The van der Waals surface area contributed by atoms with E-state index in [-0.39, 0.29) is 0 Å². The van der Waals surface area contributed by atoms with E-state index in [2.05, 4.69) is 0 Å². The summed E-state index contributed by atoms with van der Waals surface area (Å²) in [4.78, 5) is 0. The molecule has 0 saturated heterocycles. The van der Waals surface area contributed by atoms with Crippen LogP contribution in [-0.4, -0.2) is 19.3 Å². The maximum Gasteiger partial charge on any atom is 0.124 e. The third-order valence-corrected chi connectivity index (χ3v) is 3.39. The summed E-state index contributed by atoms with van der Waals surface area (Å²) in [5, 5.41) is 11.0. The minimum absolute atomic E-state index is 0.431. The van der Waals surface area contributed by atoms with Crippen LogP contribution in [0, 0.1) is 0 Å². The van der Waals surface area contributed by atoms with E-state index in [0.29, 0.717) is 22.8 Å². The molecule has 0 bridgehead atoms. The molecule has 3 nitrogen and oxygen atoms in total. The van der Waals surface area contributed by atoms with E-state index in [4.69, 9.17) is 21.1 Å². The summed E-state index contributed by atoms with van der Waals surface area (Å²) in [7, 11) is 3.19. The molecule has 0 spiro atoms. The molecule has 0 aliphatic carbocycles. The number of para-hydroxylation sites is 1. The van der Waals surface area contributed by atoms with Crippen LogP contribution in [0.3, 0.4) is 0 Å². The standard InChI is InChI=1S/C16H17ClO3/c1-19-15-6-4-3-5-11(15)9-14(18)13-10-12(17)7-8-16(13)20-2/h3-8,10,14,18H,9H2,1-2H3. The number of aliphatic hydroxyl groups is 1. The fourth-order valence-electron chi connectivity index (χ4n) is 2.16. The van der Waals surface area contributed by atoms with Crippen molar-refractivity contribution in [1.29, 1.82) is 0 Å². The lowest BCUT2D eigenvalue weighted by Crippen LogP contribution is -2.05. The van der Waals surface area contributed by atoms with E-state index < -0.39 is 6.10 Å². The molecule has 2 aromatic rings. The zero-order valence-corrected chi connectivity index (χ0v) is 12.2. The van der Waals surface area contributed by atoms with Gasteiger partial charge in [-0.3, -0.25) is 0 Å². The van der Waals surface area contributed by atoms with E-state index in [9.17, 15) is 5.11 Å². The maximum absolute atomic E-state index is 10.4. The zero-order valence-electron chi connectivity index (χ0n) is 11.5. The Morgan fingerprint density at radius 1 is 1.05 bits per heavy atom. The number of halogens is 1. The molecule has 106 valence electrons. The Hall–Kier alpha value is -1.71. The van der Waals surface area contributed by atoms with E-state index in [0.717, 1.165) is 11.3 Å². The molecule has 1 unspecified atom stereocenters. The molecule has 0 aliphatic rings. The monoisotopic (exact) mass is 292 g/mol. The predicted molar refractivity (Wildman–Crippen MR) is 79.7 cm³/mol. The van der Waals surface area contributed by atoms with Gasteiger partial charge in [0.05, 0.1) is 20.3 Å². The minimum Gasteiger partial charge on any atom is -0.496 e. The maximum atomic E-state index is 10.4. The van der Waals surface area contributed by atoms with Crippen molar-refractivity contribution in [2.45, 2.75) is 12.5 Å². The van der Waals surface area contributed by atoms with Gasteiger partial charge in [-0.2, -0.15) is 0 Å². The first kappa shape index (κ1) is 14.7. The Kier molecular flexibility index (Phi) is 4.88. The molecule has 1 atom stereocenters. The molecule has 20 heavy (non-hydrogen) atoms. The number of hydrogen-bond acceptors (Lipinski definition) is 3. The number of ether oxygens (including phenoxy) is 2. The van der Waals surface area contributed by atoms with Crippen molar-refractivity contribution in [3.63, 3.8) is 0 Å². The van der Waals surface area contributed by atoms with Crippen molar-refractivity contribution in [2.24, 2.45) is 0 Å². The summed E-state index contributed by atoms with van der Waals surface area (Å²) >= 11 is 5.99. The second-order valence-corrected chi connectivity index (χ2v) is 4.85. The Morgan fingerprint density at radius 3 is 2.45 bits per heavy atom. The normalized spacial score (nSPS) is 12.0. The largest absolute Gasteiger partial charge is 0.496 e. The van der Waals surface area contributed by atoms with E-state index >= 15 is 0 Å². The van der Waals surface area contributed by atoms with Crippen molar-refractivity contribution < 1.29 is 14.6 Å². The molecule has 0 aromatic heterocycles. The van der Waals surface area contributed by atoms with E-state index in [1.807, 2.05) is 24.3 Å². The lowest BCUT2D eigenvalue weighted by molar-refractivity contribution is 0.173. The summed E-state index contributed by atoms with van der Waals surface area (Å²) in [6, 6.07) is 12.8. The first-order valence-corrected chi connectivity index (χ1v) is 6.67. The third-order valence-electron chi connectivity index (χ3n) is 3.16. The van der Waals surface area contributed by atoms with Gasteiger partial charge in [0, 0.05) is 17.0 Å². The predicted octanol–water partition coefficient (Wildman–Crippen LogP) is 3.63. The third kappa shape index (κ3) is 3.24. The van der Waals surface area contributed by atoms with Crippen LogP contribution in [0.5, 0.6) is 11.5 Å². The first-order chi connectivity index (χ1) is 9.65. The molecule has 2 aromatic carbocycles. The highest BCUT2D eigenvalue weighted by atomic mass is 35.5. The summed E-state index contributed by atoms with van der Waals surface area (Å²) in [6.07, 6.45) is -0.277. The van der Waals surface area contributed by atoms with Crippen molar-refractivity contribution >= 4 is 11.6 Å². The van der Waals surface area contributed by atoms with Gasteiger partial charge < -0.3 is 14.6 Å². The van der Waals surface area contributed by atoms with Crippen LogP contribution in [0.1, 0.15) is 17.2 Å². The number of aliphatic hydroxyl groups excluding tert-OH is 1. The Balaban J connectivity index is 2.28. The Bertz CT molecular complexity index is 584. The fraction of sp³-hybridized carbons (Fsp3) is 0.250. The van der Waals surface area contributed by atoms with Crippen LogP contribution in [0.15, 0.2) is 42.5 Å². The average molecular weight is 293 g/mol. The number of rotatable bonds is 5. The van der Waals surface area contributed by atoms with Gasteiger partial charge in [0.25, 0.3) is 0 Å². The molecule has 1 N–H and O–H groups in total. The van der Waals surface area contributed by atoms with Crippen molar-refractivity contribution in [1.82, 2.24) is 0 Å². The lowest BCUT2D eigenvalue weighted by Gasteiger charge is -2.16. The second-order valence-electron chi connectivity index (χ2n) is 4.42. The van der Waals surface area contributed by atoms with Gasteiger partial charge in [-0.05, 0) is 29.8 Å². The number of methoxy groups -OCH3 is 2. The van der Waals surface area contributed by atoms with E-state index in [1.165, 1.54) is 0 Å². The summed E-state index contributed by atoms with van der Waals surface area (Å²) < 4.78 is 10.6. The topological polar surface area (TPSA) is 38.7 Å². The van der Waals surface area contributed by atoms with Gasteiger partial charge in [-0.15, -0.1) is 0 Å². The summed E-state index contributed by atoms with van der Waals surface area (Å²) in [5.74, 6) is 1.38. The summed E-state index contributed by atoms with van der Waals surface area (Å²) in [5.41, 5.74) is 1.61. The Labute approximate surface area is 123 Å². The quantitative estimate of drug-likeness (QED) is 0.914. The average Bonchev–Trinajstić information content (AvgIpc) is 2.47. The van der Waals surface area contributed by atoms with Crippen LogP contribution in [0.4, 0.5) is 0 Å². The number of hydrogen-bond donors (Lipinski definition) is 1. The SMILES string of the molecule is COc1ccccc1CC(O)c1cc(Cl)ccc1OC. The van der Waals surface area contributed by atoms with E-state index in [1.54, 1.807) is 32.4 Å². The molecule has 0 amide bonds. The second kappa shape index (κ2) is 6.64. The van der Waals surface area contributed by atoms with Crippen molar-refractivity contribution in [3.05, 3.63) is 58.6 Å². The molecule has 0 heterocycles.